The molecule has 22 heavy (non-hydrogen) atoms. The highest BCUT2D eigenvalue weighted by Crippen LogP contribution is 2.10. The van der Waals surface area contributed by atoms with Gasteiger partial charge in [0.25, 0.3) is 0 Å². The predicted molar refractivity (Wildman–Crippen MR) is 97.2 cm³/mol. The first kappa shape index (κ1) is 23.4. The van der Waals surface area contributed by atoms with Crippen LogP contribution < -0.4 is 5.32 Å². The van der Waals surface area contributed by atoms with Gasteiger partial charge in [-0.15, -0.1) is 0 Å². The number of carbonyl (C=O) groups is 1. The summed E-state index contributed by atoms with van der Waals surface area (Å²) in [4.78, 5) is 10.7. The Hall–Kier alpha value is -0.830. The molecule has 0 spiro atoms. The normalized spacial score (nSPS) is 9.77. The Kier molecular flexibility index (Phi) is 23.9. The van der Waals surface area contributed by atoms with E-state index in [1.807, 2.05) is 0 Å². The van der Waals surface area contributed by atoms with Crippen molar-refractivity contribution in [2.24, 2.45) is 0 Å². The fraction of sp³-hybridized carbons (Fsp3) is 0.842. The summed E-state index contributed by atoms with van der Waals surface area (Å²) in [5, 5.41) is 3.11. The molecule has 0 rings (SSSR count). The Bertz CT molecular complexity index is 227. The van der Waals surface area contributed by atoms with Crippen LogP contribution in [0.2, 0.25) is 0 Å². The van der Waals surface area contributed by atoms with Gasteiger partial charge >= 0.3 is 5.97 Å². The average Bonchev–Trinajstić information content (AvgIpc) is 2.53. The fourth-order valence-electron chi connectivity index (χ4n) is 2.07. The van der Waals surface area contributed by atoms with Gasteiger partial charge in [0, 0.05) is 6.08 Å². The Morgan fingerprint density at radius 1 is 0.864 bits per heavy atom. The number of ether oxygens (including phenoxy) is 1. The van der Waals surface area contributed by atoms with Crippen LogP contribution in [0.1, 0.15) is 85.0 Å². The zero-order valence-corrected chi connectivity index (χ0v) is 15.3. The molecule has 0 heterocycles. The second-order valence-electron chi connectivity index (χ2n) is 5.51. The molecule has 0 aliphatic carbocycles. The molecule has 0 unspecified atom stereocenters. The van der Waals surface area contributed by atoms with Crippen molar-refractivity contribution < 1.29 is 9.53 Å². The smallest absolute Gasteiger partial charge is 0.330 e. The van der Waals surface area contributed by atoms with Crippen molar-refractivity contribution in [3.05, 3.63) is 12.7 Å². The highest BCUT2D eigenvalue weighted by molar-refractivity contribution is 5.81. The van der Waals surface area contributed by atoms with Crippen LogP contribution in [0.5, 0.6) is 0 Å². The van der Waals surface area contributed by atoms with E-state index in [0.29, 0.717) is 6.61 Å². The van der Waals surface area contributed by atoms with E-state index in [2.05, 4.69) is 32.7 Å². The summed E-state index contributed by atoms with van der Waals surface area (Å²) in [6.45, 7) is 12.5. The Labute approximate surface area is 138 Å². The third-order valence-corrected chi connectivity index (χ3v) is 3.41. The lowest BCUT2D eigenvalue weighted by Gasteiger charge is -2.03. The molecule has 0 bridgehead atoms. The molecule has 3 heteroatoms. The first-order valence-electron chi connectivity index (χ1n) is 9.22. The standard InChI is InChI=1S/C15H28O2.C4H11N/c1-3-5-6-7-8-9-10-11-12-13-14-17-15(16)4-2;1-3-5-4-2/h4H,2-3,5-14H2,1H3;5H,3-4H2,1-2H3. The molecular weight excluding hydrogens is 274 g/mol. The first-order valence-corrected chi connectivity index (χ1v) is 9.22. The van der Waals surface area contributed by atoms with Crippen molar-refractivity contribution in [2.75, 3.05) is 19.7 Å². The number of unbranched alkanes of at least 4 members (excludes halogenated alkanes) is 9. The molecule has 0 aliphatic rings. The molecule has 0 aromatic rings. The van der Waals surface area contributed by atoms with Gasteiger partial charge in [-0.1, -0.05) is 85.1 Å². The first-order chi connectivity index (χ1) is 10.7. The van der Waals surface area contributed by atoms with E-state index >= 15 is 0 Å². The number of nitrogens with one attached hydrogen (secondary N) is 1. The van der Waals surface area contributed by atoms with Crippen molar-refractivity contribution in [2.45, 2.75) is 85.0 Å². The van der Waals surface area contributed by atoms with Crippen LogP contribution in [-0.4, -0.2) is 25.7 Å². The van der Waals surface area contributed by atoms with E-state index in [0.717, 1.165) is 19.5 Å². The molecule has 0 aromatic carbocycles. The van der Waals surface area contributed by atoms with Gasteiger partial charge in [-0.2, -0.15) is 0 Å². The Morgan fingerprint density at radius 3 is 1.68 bits per heavy atom. The monoisotopic (exact) mass is 313 g/mol. The van der Waals surface area contributed by atoms with Crippen LogP contribution in [0.3, 0.4) is 0 Å². The van der Waals surface area contributed by atoms with Crippen LogP contribution in [0.15, 0.2) is 12.7 Å². The van der Waals surface area contributed by atoms with Gasteiger partial charge in [0.15, 0.2) is 0 Å². The van der Waals surface area contributed by atoms with Crippen molar-refractivity contribution in [1.29, 1.82) is 0 Å². The summed E-state index contributed by atoms with van der Waals surface area (Å²) in [6, 6.07) is 0. The quantitative estimate of drug-likeness (QED) is 0.270. The number of hydrogen-bond donors (Lipinski definition) is 1. The van der Waals surface area contributed by atoms with Crippen LogP contribution >= 0.6 is 0 Å². The molecule has 0 saturated carbocycles. The zero-order chi connectivity index (χ0) is 16.9. The highest BCUT2D eigenvalue weighted by atomic mass is 16.5. The molecule has 0 fully saturated rings. The average molecular weight is 314 g/mol. The van der Waals surface area contributed by atoms with E-state index < -0.39 is 0 Å². The molecule has 0 aromatic heterocycles. The van der Waals surface area contributed by atoms with Crippen molar-refractivity contribution >= 4 is 5.97 Å². The van der Waals surface area contributed by atoms with E-state index in [1.165, 1.54) is 63.9 Å². The van der Waals surface area contributed by atoms with Crippen LogP contribution in [0.25, 0.3) is 0 Å². The summed E-state index contributed by atoms with van der Waals surface area (Å²) < 4.78 is 4.91. The summed E-state index contributed by atoms with van der Waals surface area (Å²) in [6.07, 6.45) is 14.2. The second-order valence-corrected chi connectivity index (χ2v) is 5.51. The van der Waals surface area contributed by atoms with Gasteiger partial charge in [0.2, 0.25) is 0 Å². The molecule has 0 saturated heterocycles. The highest BCUT2D eigenvalue weighted by Gasteiger charge is 1.95. The third-order valence-electron chi connectivity index (χ3n) is 3.41. The van der Waals surface area contributed by atoms with Crippen LogP contribution in [0, 0.1) is 0 Å². The maximum atomic E-state index is 10.7. The van der Waals surface area contributed by atoms with Crippen LogP contribution in [-0.2, 0) is 9.53 Å². The molecule has 0 radical (unpaired) electrons. The molecule has 0 atom stereocenters. The summed E-state index contributed by atoms with van der Waals surface area (Å²) in [5.41, 5.74) is 0. The lowest BCUT2D eigenvalue weighted by Crippen LogP contribution is -2.09. The van der Waals surface area contributed by atoms with Gasteiger partial charge in [-0.25, -0.2) is 4.79 Å². The van der Waals surface area contributed by atoms with Gasteiger partial charge in [0.05, 0.1) is 6.61 Å². The van der Waals surface area contributed by atoms with Crippen LogP contribution in [0.4, 0.5) is 0 Å². The number of rotatable bonds is 14. The fourth-order valence-corrected chi connectivity index (χ4v) is 2.07. The van der Waals surface area contributed by atoms with Gasteiger partial charge in [-0.3, -0.25) is 0 Å². The maximum absolute atomic E-state index is 10.7. The molecule has 3 nitrogen and oxygen atoms in total. The minimum atomic E-state index is -0.305. The molecular formula is C19H39NO2. The number of carbonyl (C=O) groups excluding carboxylic acids is 1. The Balaban J connectivity index is 0. The van der Waals surface area contributed by atoms with E-state index in [4.69, 9.17) is 4.74 Å². The lowest BCUT2D eigenvalue weighted by atomic mass is 10.1. The topological polar surface area (TPSA) is 38.3 Å². The largest absolute Gasteiger partial charge is 0.463 e. The zero-order valence-electron chi connectivity index (χ0n) is 15.3. The predicted octanol–water partition coefficient (Wildman–Crippen LogP) is 5.25. The van der Waals surface area contributed by atoms with Crippen molar-refractivity contribution in [3.8, 4) is 0 Å². The van der Waals surface area contributed by atoms with Gasteiger partial charge in [0.1, 0.15) is 0 Å². The molecule has 0 aliphatic heterocycles. The number of hydrogen-bond acceptors (Lipinski definition) is 3. The lowest BCUT2D eigenvalue weighted by molar-refractivity contribution is -0.137. The van der Waals surface area contributed by atoms with Gasteiger partial charge in [-0.05, 0) is 19.5 Å². The van der Waals surface area contributed by atoms with E-state index in [9.17, 15) is 4.79 Å². The van der Waals surface area contributed by atoms with E-state index in [1.54, 1.807) is 0 Å². The van der Waals surface area contributed by atoms with Gasteiger partial charge < -0.3 is 10.1 Å². The summed E-state index contributed by atoms with van der Waals surface area (Å²) in [5.74, 6) is -0.305. The SMILES string of the molecule is C=CC(=O)OCCCCCCCCCCCC.CCNCC. The molecule has 1 N–H and O–H groups in total. The minimum Gasteiger partial charge on any atom is -0.463 e. The van der Waals surface area contributed by atoms with Crippen molar-refractivity contribution in [3.63, 3.8) is 0 Å². The minimum absolute atomic E-state index is 0.305. The number of esters is 1. The third kappa shape index (κ3) is 24.2. The molecule has 0 amide bonds. The summed E-state index contributed by atoms with van der Waals surface area (Å²) in [7, 11) is 0. The summed E-state index contributed by atoms with van der Waals surface area (Å²) >= 11 is 0. The second kappa shape index (κ2) is 22.5. The van der Waals surface area contributed by atoms with E-state index in [-0.39, 0.29) is 5.97 Å². The Morgan fingerprint density at radius 2 is 1.32 bits per heavy atom. The van der Waals surface area contributed by atoms with Crippen molar-refractivity contribution in [1.82, 2.24) is 5.32 Å². The maximum Gasteiger partial charge on any atom is 0.330 e. The molecule has 132 valence electrons.